The molecule has 1 rings (SSSR count). The Morgan fingerprint density at radius 3 is 2.33 bits per heavy atom. The molecule has 3 heteroatoms. The molecule has 1 aliphatic rings. The lowest BCUT2D eigenvalue weighted by molar-refractivity contribution is -0.0640. The Labute approximate surface area is 93.6 Å². The standard InChI is InChI=1S/C12H26N2O/c1-9(2)13-11-7-5-6-8-12(11,15)14-10(3)4/h9-11,13-15H,5-8H2,1-4H3. The molecule has 15 heavy (non-hydrogen) atoms. The first-order valence-corrected chi connectivity index (χ1v) is 6.20. The van der Waals surface area contributed by atoms with Crippen LogP contribution in [0.4, 0.5) is 0 Å². The first-order chi connectivity index (χ1) is 6.94. The average molecular weight is 214 g/mol. The lowest BCUT2D eigenvalue weighted by Crippen LogP contribution is -2.63. The summed E-state index contributed by atoms with van der Waals surface area (Å²) in [4.78, 5) is 0. The minimum Gasteiger partial charge on any atom is -0.374 e. The molecule has 2 unspecified atom stereocenters. The predicted molar refractivity (Wildman–Crippen MR) is 63.7 cm³/mol. The molecule has 3 nitrogen and oxygen atoms in total. The molecule has 1 fully saturated rings. The fraction of sp³-hybridized carbons (Fsp3) is 1.00. The zero-order valence-corrected chi connectivity index (χ0v) is 10.5. The Kier molecular flexibility index (Phi) is 4.56. The summed E-state index contributed by atoms with van der Waals surface area (Å²) in [7, 11) is 0. The van der Waals surface area contributed by atoms with Gasteiger partial charge in [-0.1, -0.05) is 20.3 Å². The summed E-state index contributed by atoms with van der Waals surface area (Å²) in [5.74, 6) is 0. The number of hydrogen-bond donors (Lipinski definition) is 3. The van der Waals surface area contributed by atoms with Gasteiger partial charge in [-0.05, 0) is 33.1 Å². The van der Waals surface area contributed by atoms with Gasteiger partial charge >= 0.3 is 0 Å². The van der Waals surface area contributed by atoms with Crippen LogP contribution in [0.2, 0.25) is 0 Å². The van der Waals surface area contributed by atoms with Crippen LogP contribution in [0.15, 0.2) is 0 Å². The fourth-order valence-electron chi connectivity index (χ4n) is 2.45. The van der Waals surface area contributed by atoms with E-state index in [1.807, 2.05) is 0 Å². The number of aliphatic hydroxyl groups is 1. The Morgan fingerprint density at radius 2 is 1.80 bits per heavy atom. The Bertz CT molecular complexity index is 194. The molecule has 0 amide bonds. The van der Waals surface area contributed by atoms with E-state index < -0.39 is 5.72 Å². The van der Waals surface area contributed by atoms with Crippen molar-refractivity contribution in [2.24, 2.45) is 0 Å². The largest absolute Gasteiger partial charge is 0.374 e. The minimum absolute atomic E-state index is 0.189. The molecule has 0 aliphatic heterocycles. The summed E-state index contributed by atoms with van der Waals surface area (Å²) in [6.45, 7) is 8.42. The van der Waals surface area contributed by atoms with Crippen molar-refractivity contribution in [1.29, 1.82) is 0 Å². The highest BCUT2D eigenvalue weighted by atomic mass is 16.3. The van der Waals surface area contributed by atoms with Crippen LogP contribution in [0.25, 0.3) is 0 Å². The monoisotopic (exact) mass is 214 g/mol. The predicted octanol–water partition coefficient (Wildman–Crippen LogP) is 1.61. The normalized spacial score (nSPS) is 32.6. The van der Waals surface area contributed by atoms with E-state index in [-0.39, 0.29) is 6.04 Å². The molecule has 90 valence electrons. The molecule has 1 aliphatic carbocycles. The summed E-state index contributed by atoms with van der Waals surface area (Å²) in [6.07, 6.45) is 4.25. The van der Waals surface area contributed by atoms with Crippen LogP contribution in [0.3, 0.4) is 0 Å². The first-order valence-electron chi connectivity index (χ1n) is 6.20. The van der Waals surface area contributed by atoms with Gasteiger partial charge in [0.15, 0.2) is 0 Å². The number of nitrogens with one attached hydrogen (secondary N) is 2. The van der Waals surface area contributed by atoms with Crippen LogP contribution in [0.5, 0.6) is 0 Å². The van der Waals surface area contributed by atoms with Gasteiger partial charge in [-0.25, -0.2) is 0 Å². The van der Waals surface area contributed by atoms with Crippen molar-refractivity contribution in [2.45, 2.75) is 77.2 Å². The zero-order valence-electron chi connectivity index (χ0n) is 10.5. The van der Waals surface area contributed by atoms with Crippen LogP contribution in [-0.2, 0) is 0 Å². The van der Waals surface area contributed by atoms with Gasteiger partial charge in [0.05, 0.1) is 0 Å². The van der Waals surface area contributed by atoms with Gasteiger partial charge in [-0.3, -0.25) is 5.32 Å². The molecule has 0 aromatic carbocycles. The summed E-state index contributed by atoms with van der Waals surface area (Å²) >= 11 is 0. The van der Waals surface area contributed by atoms with Crippen molar-refractivity contribution in [3.05, 3.63) is 0 Å². The van der Waals surface area contributed by atoms with Gasteiger partial charge in [0, 0.05) is 18.1 Å². The third-order valence-corrected chi connectivity index (χ3v) is 2.95. The van der Waals surface area contributed by atoms with Gasteiger partial charge in [0.2, 0.25) is 0 Å². The van der Waals surface area contributed by atoms with E-state index in [1.54, 1.807) is 0 Å². The van der Waals surface area contributed by atoms with Crippen LogP contribution >= 0.6 is 0 Å². The Morgan fingerprint density at radius 1 is 1.13 bits per heavy atom. The summed E-state index contributed by atoms with van der Waals surface area (Å²) < 4.78 is 0. The van der Waals surface area contributed by atoms with Gasteiger partial charge < -0.3 is 10.4 Å². The second-order valence-electron chi connectivity index (χ2n) is 5.34. The third kappa shape index (κ3) is 3.74. The first kappa shape index (κ1) is 12.9. The van der Waals surface area contributed by atoms with E-state index in [4.69, 9.17) is 0 Å². The molecule has 0 aromatic rings. The zero-order chi connectivity index (χ0) is 11.5. The molecule has 0 aromatic heterocycles. The minimum atomic E-state index is -0.712. The summed E-state index contributed by atoms with van der Waals surface area (Å²) in [6, 6.07) is 0.937. The van der Waals surface area contributed by atoms with Crippen LogP contribution in [0.1, 0.15) is 53.4 Å². The van der Waals surface area contributed by atoms with E-state index >= 15 is 0 Å². The second kappa shape index (κ2) is 5.28. The van der Waals surface area contributed by atoms with Crippen LogP contribution in [-0.4, -0.2) is 29.0 Å². The topological polar surface area (TPSA) is 44.3 Å². The molecule has 3 N–H and O–H groups in total. The maximum Gasteiger partial charge on any atom is 0.131 e. The Balaban J connectivity index is 2.62. The van der Waals surface area contributed by atoms with E-state index in [1.165, 1.54) is 6.42 Å². The van der Waals surface area contributed by atoms with Crippen LogP contribution < -0.4 is 10.6 Å². The molecular formula is C12H26N2O. The highest BCUT2D eigenvalue weighted by molar-refractivity contribution is 4.94. The van der Waals surface area contributed by atoms with Gasteiger partial charge in [0.1, 0.15) is 5.72 Å². The molecule has 0 radical (unpaired) electrons. The summed E-state index contributed by atoms with van der Waals surface area (Å²) in [5, 5.41) is 17.3. The third-order valence-electron chi connectivity index (χ3n) is 2.95. The van der Waals surface area contributed by atoms with Crippen molar-refractivity contribution < 1.29 is 5.11 Å². The molecule has 0 heterocycles. The Hall–Kier alpha value is -0.120. The van der Waals surface area contributed by atoms with E-state index in [0.717, 1.165) is 19.3 Å². The fourth-order valence-corrected chi connectivity index (χ4v) is 2.45. The van der Waals surface area contributed by atoms with E-state index in [9.17, 15) is 5.11 Å². The highest BCUT2D eigenvalue weighted by Crippen LogP contribution is 2.27. The van der Waals surface area contributed by atoms with Crippen molar-refractivity contribution in [3.8, 4) is 0 Å². The summed E-state index contributed by atoms with van der Waals surface area (Å²) in [5.41, 5.74) is -0.712. The molecule has 2 atom stereocenters. The highest BCUT2D eigenvalue weighted by Gasteiger charge is 2.39. The van der Waals surface area contributed by atoms with E-state index in [2.05, 4.69) is 38.3 Å². The number of hydrogen-bond acceptors (Lipinski definition) is 3. The van der Waals surface area contributed by atoms with Crippen LogP contribution in [0, 0.1) is 0 Å². The van der Waals surface area contributed by atoms with Crippen molar-refractivity contribution in [1.82, 2.24) is 10.6 Å². The maximum absolute atomic E-state index is 10.6. The van der Waals surface area contributed by atoms with Gasteiger partial charge in [0.25, 0.3) is 0 Å². The second-order valence-corrected chi connectivity index (χ2v) is 5.34. The molecule has 1 saturated carbocycles. The maximum atomic E-state index is 10.6. The molecule has 0 saturated heterocycles. The van der Waals surface area contributed by atoms with E-state index in [0.29, 0.717) is 12.1 Å². The lowest BCUT2D eigenvalue weighted by atomic mass is 9.86. The molecule has 0 spiro atoms. The average Bonchev–Trinajstić information content (AvgIpc) is 2.07. The quantitative estimate of drug-likeness (QED) is 0.623. The van der Waals surface area contributed by atoms with Crippen molar-refractivity contribution in [3.63, 3.8) is 0 Å². The van der Waals surface area contributed by atoms with Gasteiger partial charge in [-0.15, -0.1) is 0 Å². The molecule has 0 bridgehead atoms. The number of rotatable bonds is 4. The SMILES string of the molecule is CC(C)NC1CCCCC1(O)NC(C)C. The van der Waals surface area contributed by atoms with Crippen molar-refractivity contribution >= 4 is 0 Å². The van der Waals surface area contributed by atoms with Gasteiger partial charge in [-0.2, -0.15) is 0 Å². The van der Waals surface area contributed by atoms with Crippen molar-refractivity contribution in [2.75, 3.05) is 0 Å². The molecular weight excluding hydrogens is 188 g/mol. The smallest absolute Gasteiger partial charge is 0.131 e. The lowest BCUT2D eigenvalue weighted by Gasteiger charge is -2.43.